The van der Waals surface area contributed by atoms with Crippen molar-refractivity contribution in [1.29, 1.82) is 0 Å². The minimum Gasteiger partial charge on any atom is -0.358 e. The van der Waals surface area contributed by atoms with Gasteiger partial charge in [0.1, 0.15) is 0 Å². The van der Waals surface area contributed by atoms with Crippen LogP contribution in [0, 0.1) is 13.8 Å². The van der Waals surface area contributed by atoms with Gasteiger partial charge >= 0.3 is 0 Å². The average Bonchev–Trinajstić information content (AvgIpc) is 3.08. The van der Waals surface area contributed by atoms with Gasteiger partial charge in [0.15, 0.2) is 0 Å². The quantitative estimate of drug-likeness (QED) is 0.566. The standard InChI is InChI=1S/C22H25N3/c1-14-19(17-8-4-6-10-20(17)24-14)12-16(13-23)22-15(2)25(3)21-11-7-5-9-18(21)22/h4-11,16,24H,12-13,23H2,1-3H3. The van der Waals surface area contributed by atoms with Gasteiger partial charge < -0.3 is 15.3 Å². The van der Waals surface area contributed by atoms with E-state index < -0.39 is 0 Å². The van der Waals surface area contributed by atoms with E-state index in [9.17, 15) is 0 Å². The van der Waals surface area contributed by atoms with Crippen molar-refractivity contribution in [3.05, 3.63) is 71.0 Å². The molecule has 4 rings (SSSR count). The summed E-state index contributed by atoms with van der Waals surface area (Å²) in [4.78, 5) is 3.52. The Hall–Kier alpha value is -2.52. The number of rotatable bonds is 4. The van der Waals surface area contributed by atoms with Crippen LogP contribution in [0.1, 0.15) is 28.4 Å². The van der Waals surface area contributed by atoms with Crippen molar-refractivity contribution in [2.75, 3.05) is 6.54 Å². The van der Waals surface area contributed by atoms with Crippen molar-refractivity contribution in [2.24, 2.45) is 12.8 Å². The molecule has 3 heteroatoms. The number of H-pyrrole nitrogens is 1. The van der Waals surface area contributed by atoms with E-state index in [1.807, 2.05) is 0 Å². The lowest BCUT2D eigenvalue weighted by Crippen LogP contribution is -2.16. The van der Waals surface area contributed by atoms with Crippen LogP contribution in [0.3, 0.4) is 0 Å². The number of nitrogens with two attached hydrogens (primary N) is 1. The average molecular weight is 331 g/mol. The first-order valence-electron chi connectivity index (χ1n) is 8.92. The van der Waals surface area contributed by atoms with Crippen molar-refractivity contribution in [1.82, 2.24) is 9.55 Å². The molecule has 4 aromatic rings. The number of nitrogens with zero attached hydrogens (tertiary/aromatic N) is 1. The fourth-order valence-electron chi connectivity index (χ4n) is 4.21. The number of nitrogens with one attached hydrogen (secondary N) is 1. The highest BCUT2D eigenvalue weighted by Crippen LogP contribution is 2.34. The molecule has 0 saturated carbocycles. The molecular weight excluding hydrogens is 306 g/mol. The fraction of sp³-hybridized carbons (Fsp3) is 0.273. The minimum atomic E-state index is 0.309. The van der Waals surface area contributed by atoms with Crippen LogP contribution in [0.5, 0.6) is 0 Å². The first-order valence-corrected chi connectivity index (χ1v) is 8.92. The third kappa shape index (κ3) is 2.47. The van der Waals surface area contributed by atoms with Gasteiger partial charge in [-0.1, -0.05) is 36.4 Å². The Kier molecular flexibility index (Phi) is 3.89. The molecule has 1 atom stereocenters. The van der Waals surface area contributed by atoms with Crippen molar-refractivity contribution in [2.45, 2.75) is 26.2 Å². The van der Waals surface area contributed by atoms with Crippen molar-refractivity contribution in [3.8, 4) is 0 Å². The van der Waals surface area contributed by atoms with E-state index in [4.69, 9.17) is 5.73 Å². The van der Waals surface area contributed by atoms with Gasteiger partial charge in [-0.3, -0.25) is 0 Å². The number of para-hydroxylation sites is 2. The number of hydrogen-bond acceptors (Lipinski definition) is 1. The van der Waals surface area contributed by atoms with E-state index in [2.05, 4.69) is 79.0 Å². The van der Waals surface area contributed by atoms with E-state index in [1.165, 1.54) is 44.3 Å². The van der Waals surface area contributed by atoms with Gasteiger partial charge in [0.05, 0.1) is 0 Å². The third-order valence-electron chi connectivity index (χ3n) is 5.62. The van der Waals surface area contributed by atoms with Gasteiger partial charge in [-0.15, -0.1) is 0 Å². The van der Waals surface area contributed by atoms with E-state index in [-0.39, 0.29) is 0 Å². The molecule has 0 fully saturated rings. The van der Waals surface area contributed by atoms with E-state index in [1.54, 1.807) is 0 Å². The summed E-state index contributed by atoms with van der Waals surface area (Å²) < 4.78 is 2.29. The predicted octanol–water partition coefficient (Wildman–Crippen LogP) is 4.56. The van der Waals surface area contributed by atoms with E-state index in [0.29, 0.717) is 12.5 Å². The summed E-state index contributed by atoms with van der Waals surface area (Å²) in [6.07, 6.45) is 0.960. The minimum absolute atomic E-state index is 0.309. The largest absolute Gasteiger partial charge is 0.358 e. The van der Waals surface area contributed by atoms with Gasteiger partial charge in [-0.25, -0.2) is 0 Å². The van der Waals surface area contributed by atoms with Crippen LogP contribution in [0.2, 0.25) is 0 Å². The molecule has 2 aromatic carbocycles. The highest BCUT2D eigenvalue weighted by atomic mass is 14.9. The maximum Gasteiger partial charge on any atom is 0.0482 e. The summed E-state index contributed by atoms with van der Waals surface area (Å²) >= 11 is 0. The number of aromatic amines is 1. The lowest BCUT2D eigenvalue weighted by molar-refractivity contribution is 0.688. The van der Waals surface area contributed by atoms with Crippen molar-refractivity contribution in [3.63, 3.8) is 0 Å². The zero-order valence-electron chi connectivity index (χ0n) is 15.1. The molecule has 2 aromatic heterocycles. The smallest absolute Gasteiger partial charge is 0.0482 e. The summed E-state index contributed by atoms with van der Waals surface area (Å²) in [5.41, 5.74) is 14.1. The molecular formula is C22H25N3. The second-order valence-corrected chi connectivity index (χ2v) is 6.99. The number of hydrogen-bond donors (Lipinski definition) is 2. The summed E-state index contributed by atoms with van der Waals surface area (Å²) in [5, 5.41) is 2.65. The second kappa shape index (κ2) is 6.08. The molecule has 0 radical (unpaired) electrons. The van der Waals surface area contributed by atoms with Crippen LogP contribution in [0.25, 0.3) is 21.8 Å². The molecule has 0 saturated heterocycles. The lowest BCUT2D eigenvalue weighted by atomic mass is 9.89. The molecule has 1 unspecified atom stereocenters. The van der Waals surface area contributed by atoms with Crippen molar-refractivity contribution < 1.29 is 0 Å². The normalized spacial score (nSPS) is 13.0. The molecule has 128 valence electrons. The van der Waals surface area contributed by atoms with Crippen LogP contribution >= 0.6 is 0 Å². The van der Waals surface area contributed by atoms with Crippen LogP contribution in [-0.4, -0.2) is 16.1 Å². The molecule has 3 nitrogen and oxygen atoms in total. The van der Waals surface area contributed by atoms with Gasteiger partial charge in [0.25, 0.3) is 0 Å². The van der Waals surface area contributed by atoms with Crippen LogP contribution in [-0.2, 0) is 13.5 Å². The van der Waals surface area contributed by atoms with Crippen molar-refractivity contribution >= 4 is 21.8 Å². The molecule has 0 aliphatic heterocycles. The molecule has 3 N–H and O–H groups in total. The molecule has 2 heterocycles. The summed E-state index contributed by atoms with van der Waals surface area (Å²) in [7, 11) is 2.14. The number of aryl methyl sites for hydroxylation is 2. The van der Waals surface area contributed by atoms with Crippen LogP contribution < -0.4 is 5.73 Å². The Morgan fingerprint density at radius 3 is 2.44 bits per heavy atom. The predicted molar refractivity (Wildman–Crippen MR) is 106 cm³/mol. The number of fused-ring (bicyclic) bond motifs is 2. The van der Waals surface area contributed by atoms with Crippen LogP contribution in [0.15, 0.2) is 48.5 Å². The van der Waals surface area contributed by atoms with Gasteiger partial charge in [-0.05, 0) is 50.1 Å². The highest BCUT2D eigenvalue weighted by molar-refractivity contribution is 5.87. The molecule has 0 amide bonds. The lowest BCUT2D eigenvalue weighted by Gasteiger charge is -2.17. The van der Waals surface area contributed by atoms with Gasteiger partial charge in [0, 0.05) is 46.2 Å². The Morgan fingerprint density at radius 1 is 1.00 bits per heavy atom. The Labute approximate surface area is 148 Å². The zero-order valence-corrected chi connectivity index (χ0v) is 15.1. The molecule has 0 spiro atoms. The Morgan fingerprint density at radius 2 is 1.68 bits per heavy atom. The number of benzene rings is 2. The maximum atomic E-state index is 6.27. The molecule has 0 bridgehead atoms. The van der Waals surface area contributed by atoms with E-state index in [0.717, 1.165) is 6.42 Å². The summed E-state index contributed by atoms with van der Waals surface area (Å²) in [6.45, 7) is 5.02. The van der Waals surface area contributed by atoms with Gasteiger partial charge in [0.2, 0.25) is 0 Å². The molecule has 0 aliphatic rings. The van der Waals surface area contributed by atoms with E-state index >= 15 is 0 Å². The number of aromatic nitrogens is 2. The van der Waals surface area contributed by atoms with Gasteiger partial charge in [-0.2, -0.15) is 0 Å². The highest BCUT2D eigenvalue weighted by Gasteiger charge is 2.22. The monoisotopic (exact) mass is 331 g/mol. The Bertz CT molecular complexity index is 1050. The first kappa shape index (κ1) is 16.0. The fourth-order valence-corrected chi connectivity index (χ4v) is 4.21. The summed E-state index contributed by atoms with van der Waals surface area (Å²) in [5.74, 6) is 0.309. The topological polar surface area (TPSA) is 46.7 Å². The first-order chi connectivity index (χ1) is 12.1. The maximum absolute atomic E-state index is 6.27. The SMILES string of the molecule is Cc1[nH]c2ccccc2c1CC(CN)c1c(C)n(C)c2ccccc12. The zero-order chi connectivity index (χ0) is 17.6. The third-order valence-corrected chi connectivity index (χ3v) is 5.62. The Balaban J connectivity index is 1.84. The molecule has 25 heavy (non-hydrogen) atoms. The summed E-state index contributed by atoms with van der Waals surface area (Å²) in [6, 6.07) is 17.2. The second-order valence-electron chi connectivity index (χ2n) is 6.99. The van der Waals surface area contributed by atoms with Crippen LogP contribution in [0.4, 0.5) is 0 Å². The molecule has 0 aliphatic carbocycles.